The standard InChI is InChI=1S/C31H59N3O6/c1-6-7-8-9-10-11-12-13-14-15-16-17-18-19-20-21-24-34(30(39)40-31(3,4)5)25(2)28(36)33-26(29(37)38)22-23-27(32)35/h25-26H,6-24H2,1-5H3,(H2,32,35)(H,33,36)(H,37,38)/t25-,26-/m0/s1/i3D. The van der Waals surface area contributed by atoms with Crippen LogP contribution in [0.1, 0.15) is 152 Å². The number of carboxylic acid groups (broad SMARTS) is 1. The second kappa shape index (κ2) is 22.4. The molecule has 0 rings (SSSR count). The number of nitrogens with zero attached hydrogens (tertiary/aromatic N) is 1. The summed E-state index contributed by atoms with van der Waals surface area (Å²) in [5.41, 5.74) is 4.09. The van der Waals surface area contributed by atoms with Crippen molar-refractivity contribution >= 4 is 23.9 Å². The maximum Gasteiger partial charge on any atom is 0.410 e. The molecule has 0 bridgehead atoms. The molecule has 0 heterocycles. The molecule has 3 amide bonds. The first-order valence-electron chi connectivity index (χ1n) is 16.3. The Labute approximate surface area is 244 Å². The zero-order chi connectivity index (χ0) is 31.1. The van der Waals surface area contributed by atoms with Crippen LogP contribution in [0.2, 0.25) is 0 Å². The van der Waals surface area contributed by atoms with Gasteiger partial charge in [0.15, 0.2) is 0 Å². The van der Waals surface area contributed by atoms with E-state index in [2.05, 4.69) is 12.2 Å². The van der Waals surface area contributed by atoms with E-state index in [1.165, 1.54) is 88.9 Å². The number of carboxylic acids is 1. The van der Waals surface area contributed by atoms with E-state index in [1.807, 2.05) is 0 Å². The van der Waals surface area contributed by atoms with Gasteiger partial charge >= 0.3 is 12.1 Å². The van der Waals surface area contributed by atoms with Crippen LogP contribution >= 0.6 is 0 Å². The summed E-state index contributed by atoms with van der Waals surface area (Å²) in [6.07, 6.45) is 18.6. The lowest BCUT2D eigenvalue weighted by molar-refractivity contribution is -0.142. The van der Waals surface area contributed by atoms with Crippen LogP contribution in [0.15, 0.2) is 0 Å². The molecule has 0 saturated heterocycles. The molecule has 0 unspecified atom stereocenters. The number of nitrogens with two attached hydrogens (primary N) is 1. The summed E-state index contributed by atoms with van der Waals surface area (Å²) in [4.78, 5) is 49.7. The number of carbonyl (C=O) groups is 4. The molecule has 0 radical (unpaired) electrons. The maximum absolute atomic E-state index is 13.0. The van der Waals surface area contributed by atoms with Crippen molar-refractivity contribution in [3.8, 4) is 0 Å². The number of carbonyl (C=O) groups excluding carboxylic acids is 3. The smallest absolute Gasteiger partial charge is 0.410 e. The number of nitrogens with one attached hydrogen (secondary N) is 1. The highest BCUT2D eigenvalue weighted by Gasteiger charge is 2.31. The summed E-state index contributed by atoms with van der Waals surface area (Å²) in [6.45, 7) is 7.16. The van der Waals surface area contributed by atoms with Crippen LogP contribution in [0.5, 0.6) is 0 Å². The Bertz CT molecular complexity index is 749. The summed E-state index contributed by atoms with van der Waals surface area (Å²) in [7, 11) is 0. The van der Waals surface area contributed by atoms with Gasteiger partial charge in [0.2, 0.25) is 11.8 Å². The minimum Gasteiger partial charge on any atom is -0.480 e. The second-order valence-electron chi connectivity index (χ2n) is 11.7. The van der Waals surface area contributed by atoms with Crippen LogP contribution < -0.4 is 11.1 Å². The predicted octanol–water partition coefficient (Wildman–Crippen LogP) is 6.71. The highest BCUT2D eigenvalue weighted by Crippen LogP contribution is 2.16. The summed E-state index contributed by atoms with van der Waals surface area (Å²) in [5.74, 6) is -2.60. The number of ether oxygens (including phenoxy) is 1. The number of aliphatic carboxylic acids is 1. The minimum atomic E-state index is -1.30. The van der Waals surface area contributed by atoms with Gasteiger partial charge in [0.25, 0.3) is 0 Å². The number of hydrogen-bond donors (Lipinski definition) is 3. The van der Waals surface area contributed by atoms with Crippen molar-refractivity contribution in [2.75, 3.05) is 6.54 Å². The summed E-state index contributed by atoms with van der Waals surface area (Å²) in [5, 5.41) is 11.8. The number of hydrogen-bond acceptors (Lipinski definition) is 5. The van der Waals surface area contributed by atoms with E-state index in [0.717, 1.165) is 19.3 Å². The fourth-order valence-electron chi connectivity index (χ4n) is 4.55. The quantitative estimate of drug-likeness (QED) is 0.110. The van der Waals surface area contributed by atoms with E-state index in [1.54, 1.807) is 13.8 Å². The normalized spacial score (nSPS) is 13.2. The molecule has 0 aromatic carbocycles. The van der Waals surface area contributed by atoms with Crippen LogP contribution in [0.3, 0.4) is 0 Å². The van der Waals surface area contributed by atoms with Gasteiger partial charge in [0.05, 0.1) is 0 Å². The average Bonchev–Trinajstić information content (AvgIpc) is 2.91. The Morgan fingerprint density at radius 1 is 0.875 bits per heavy atom. The maximum atomic E-state index is 13.0. The Balaban J connectivity index is 4.53. The number of unbranched alkanes of at least 4 members (excludes halogenated alkanes) is 15. The largest absolute Gasteiger partial charge is 0.480 e. The molecule has 2 atom stereocenters. The van der Waals surface area contributed by atoms with Crippen molar-refractivity contribution in [2.24, 2.45) is 5.73 Å². The van der Waals surface area contributed by atoms with Gasteiger partial charge in [-0.15, -0.1) is 0 Å². The molecule has 40 heavy (non-hydrogen) atoms. The predicted molar refractivity (Wildman–Crippen MR) is 160 cm³/mol. The molecule has 0 aromatic rings. The molecule has 0 spiro atoms. The lowest BCUT2D eigenvalue weighted by Gasteiger charge is -2.31. The van der Waals surface area contributed by atoms with Gasteiger partial charge in [0, 0.05) is 14.3 Å². The SMILES string of the molecule is [2H]CC(C)(C)OC(=O)N(CCCCCCCCCCCCCCCCCC)[C@@H](C)C(=O)N[C@@H](CCC(N)=O)C(=O)O. The minimum absolute atomic E-state index is 0.138. The average molecular weight is 571 g/mol. The van der Waals surface area contributed by atoms with E-state index >= 15 is 0 Å². The van der Waals surface area contributed by atoms with Crippen LogP contribution in [-0.2, 0) is 19.1 Å². The zero-order valence-electron chi connectivity index (χ0n) is 26.8. The van der Waals surface area contributed by atoms with Crippen LogP contribution in [-0.4, -0.2) is 58.1 Å². The Morgan fingerprint density at radius 3 is 1.73 bits per heavy atom. The summed E-state index contributed by atoms with van der Waals surface area (Å²) < 4.78 is 13.1. The van der Waals surface area contributed by atoms with Crippen molar-refractivity contribution in [1.29, 1.82) is 0 Å². The molecule has 0 aliphatic rings. The van der Waals surface area contributed by atoms with Gasteiger partial charge in [-0.3, -0.25) is 14.5 Å². The monoisotopic (exact) mass is 570 g/mol. The topological polar surface area (TPSA) is 139 Å². The van der Waals surface area contributed by atoms with Gasteiger partial charge in [-0.1, -0.05) is 103 Å². The third-order valence-corrected chi connectivity index (χ3v) is 6.99. The van der Waals surface area contributed by atoms with Crippen LogP contribution in [0.4, 0.5) is 4.79 Å². The van der Waals surface area contributed by atoms with Crippen molar-refractivity contribution < 1.29 is 30.4 Å². The van der Waals surface area contributed by atoms with Gasteiger partial charge in [-0.25, -0.2) is 9.59 Å². The lowest BCUT2D eigenvalue weighted by atomic mass is 10.0. The lowest BCUT2D eigenvalue weighted by Crippen LogP contribution is -2.53. The Morgan fingerprint density at radius 2 is 1.32 bits per heavy atom. The highest BCUT2D eigenvalue weighted by atomic mass is 16.6. The molecule has 0 aromatic heterocycles. The second-order valence-corrected chi connectivity index (χ2v) is 11.7. The van der Waals surface area contributed by atoms with Crippen molar-refractivity contribution in [3.63, 3.8) is 0 Å². The molecule has 0 aliphatic carbocycles. The highest BCUT2D eigenvalue weighted by molar-refractivity contribution is 5.89. The number of amides is 3. The van der Waals surface area contributed by atoms with Gasteiger partial charge in [-0.05, 0) is 40.5 Å². The fourth-order valence-corrected chi connectivity index (χ4v) is 4.55. The number of primary amides is 1. The van der Waals surface area contributed by atoms with E-state index in [4.69, 9.17) is 11.8 Å². The molecule has 9 nitrogen and oxygen atoms in total. The fraction of sp³-hybridized carbons (Fsp3) is 0.871. The van der Waals surface area contributed by atoms with Crippen molar-refractivity contribution in [3.05, 3.63) is 0 Å². The molecule has 234 valence electrons. The third kappa shape index (κ3) is 20.6. The van der Waals surface area contributed by atoms with E-state index in [-0.39, 0.29) is 26.3 Å². The molecule has 0 aliphatic heterocycles. The first-order valence-corrected chi connectivity index (χ1v) is 15.6. The molecule has 4 N–H and O–H groups in total. The Kier molecular flexibility index (Phi) is 20.0. The molecule has 0 saturated carbocycles. The summed E-state index contributed by atoms with van der Waals surface area (Å²) >= 11 is 0. The molecular formula is C31H59N3O6. The summed E-state index contributed by atoms with van der Waals surface area (Å²) in [6, 6.07) is -2.29. The van der Waals surface area contributed by atoms with Crippen LogP contribution in [0.25, 0.3) is 0 Å². The first kappa shape index (κ1) is 35.7. The van der Waals surface area contributed by atoms with Gasteiger partial charge in [-0.2, -0.15) is 0 Å². The van der Waals surface area contributed by atoms with E-state index < -0.39 is 41.6 Å². The van der Waals surface area contributed by atoms with Crippen LogP contribution in [0, 0.1) is 0 Å². The first-order chi connectivity index (χ1) is 19.4. The Hall–Kier alpha value is -2.32. The number of rotatable bonds is 24. The molecule has 0 fully saturated rings. The molecular weight excluding hydrogens is 510 g/mol. The molecule has 9 heteroatoms. The van der Waals surface area contributed by atoms with E-state index in [0.29, 0.717) is 6.42 Å². The van der Waals surface area contributed by atoms with Gasteiger partial charge < -0.3 is 20.9 Å². The van der Waals surface area contributed by atoms with Gasteiger partial charge in [0.1, 0.15) is 17.7 Å². The van der Waals surface area contributed by atoms with Crippen molar-refractivity contribution in [1.82, 2.24) is 10.2 Å². The van der Waals surface area contributed by atoms with Crippen molar-refractivity contribution in [2.45, 2.75) is 168 Å². The van der Waals surface area contributed by atoms with E-state index in [9.17, 15) is 24.3 Å². The zero-order valence-corrected chi connectivity index (χ0v) is 25.8. The third-order valence-electron chi connectivity index (χ3n) is 6.99.